The van der Waals surface area contributed by atoms with E-state index in [1.807, 2.05) is 13.8 Å². The van der Waals surface area contributed by atoms with Crippen LogP contribution in [0.2, 0.25) is 0 Å². The Hall–Kier alpha value is 1.07. The number of ether oxygens (including phenoxy) is 1. The van der Waals surface area contributed by atoms with Crippen molar-refractivity contribution in [2.75, 3.05) is 33.5 Å². The Morgan fingerprint density at radius 1 is 1.00 bits per heavy atom. The van der Waals surface area contributed by atoms with Crippen molar-refractivity contribution in [2.45, 2.75) is 58.8 Å². The zero-order valence-corrected chi connectivity index (χ0v) is 17.9. The van der Waals surface area contributed by atoms with Crippen LogP contribution in [0.1, 0.15) is 58.8 Å². The van der Waals surface area contributed by atoms with Crippen LogP contribution >= 0.6 is 0 Å². The van der Waals surface area contributed by atoms with Gasteiger partial charge in [0.05, 0.1) is 0 Å². The summed E-state index contributed by atoms with van der Waals surface area (Å²) in [7, 11) is 1.79. The molecule has 0 amide bonds. The van der Waals surface area contributed by atoms with Crippen LogP contribution in [0.5, 0.6) is 0 Å². The molecule has 1 rings (SSSR count). The Kier molecular flexibility index (Phi) is 29.1. The average molecular weight is 410 g/mol. The van der Waals surface area contributed by atoms with Gasteiger partial charge < -0.3 is 22.8 Å². The van der Waals surface area contributed by atoms with Gasteiger partial charge in [0.2, 0.25) is 0 Å². The first kappa shape index (κ1) is 26.0. The molecule has 20 heavy (non-hydrogen) atoms. The third-order valence-electron chi connectivity index (χ3n) is 3.33. The molecule has 1 aliphatic carbocycles. The number of rotatable bonds is 9. The van der Waals surface area contributed by atoms with Crippen LogP contribution in [-0.4, -0.2) is 33.5 Å². The first-order chi connectivity index (χ1) is 8.85. The van der Waals surface area contributed by atoms with Crippen LogP contribution in [0.4, 0.5) is 0 Å². The average Bonchev–Trinajstić information content (AvgIpc) is 2.89. The monoisotopic (exact) mass is 410 g/mol. The molecule has 3 nitrogen and oxygen atoms in total. The second kappa shape index (κ2) is 22.4. The third-order valence-corrected chi connectivity index (χ3v) is 3.33. The van der Waals surface area contributed by atoms with Gasteiger partial charge in [-0.25, -0.2) is 0 Å². The Morgan fingerprint density at radius 3 is 2.00 bits per heavy atom. The zero-order chi connectivity index (χ0) is 13.5. The van der Waals surface area contributed by atoms with E-state index in [-0.39, 0.29) is 43.0 Å². The molecule has 0 saturated heterocycles. The fraction of sp³-hybridized carbons (Fsp3) is 0.938. The van der Waals surface area contributed by atoms with Crippen LogP contribution in [0, 0.1) is 48.9 Å². The van der Waals surface area contributed by atoms with E-state index < -0.39 is 0 Å². The van der Waals surface area contributed by atoms with Crippen molar-refractivity contribution < 1.29 is 40.3 Å². The Bertz CT molecular complexity index is 149. The van der Waals surface area contributed by atoms with E-state index in [4.69, 9.17) is 4.74 Å². The molecule has 0 heterocycles. The molecule has 1 saturated carbocycles. The Morgan fingerprint density at radius 2 is 1.55 bits per heavy atom. The van der Waals surface area contributed by atoms with Crippen LogP contribution in [-0.2, 0) is 4.74 Å². The van der Waals surface area contributed by atoms with Gasteiger partial charge in [-0.2, -0.15) is 13.1 Å². The molecule has 0 N–H and O–H groups in total. The van der Waals surface area contributed by atoms with Gasteiger partial charge in [0.15, 0.2) is 0 Å². The van der Waals surface area contributed by atoms with Crippen molar-refractivity contribution in [3.63, 3.8) is 0 Å². The summed E-state index contributed by atoms with van der Waals surface area (Å²) in [6, 6.07) is 0. The molecule has 118 valence electrons. The van der Waals surface area contributed by atoms with Gasteiger partial charge >= 0.3 is 35.6 Å². The number of methoxy groups -OCH3 is 1. The number of hydrogen-bond donors (Lipinski definition) is 0. The quantitative estimate of drug-likeness (QED) is 0.382. The van der Waals surface area contributed by atoms with Crippen molar-refractivity contribution in [3.05, 3.63) is 18.1 Å². The van der Waals surface area contributed by atoms with Gasteiger partial charge in [-0.05, 0) is 12.3 Å². The normalized spacial score (nSPS) is 13.9. The standard InChI is InChI=1S/C10H20O.C5H12N2.CH3.La/c1-11-9-5-4-8-10-6-2-3-7-10;1-3-6-5-7-4-2;;/h10H,2-9H2,1H3;3-5H2,1-2H3;1H3;/q;-2;-1;+3. The third kappa shape index (κ3) is 19.1. The van der Waals surface area contributed by atoms with Crippen molar-refractivity contribution in [3.8, 4) is 0 Å². The zero-order valence-electron chi connectivity index (χ0n) is 14.2. The van der Waals surface area contributed by atoms with Crippen molar-refractivity contribution in [2.24, 2.45) is 5.92 Å². The molecule has 0 aromatic rings. The van der Waals surface area contributed by atoms with Crippen molar-refractivity contribution in [1.29, 1.82) is 0 Å². The molecule has 0 bridgehead atoms. The summed E-state index contributed by atoms with van der Waals surface area (Å²) >= 11 is 0. The fourth-order valence-electron chi connectivity index (χ4n) is 2.25. The second-order valence-electron chi connectivity index (χ2n) is 4.86. The summed E-state index contributed by atoms with van der Waals surface area (Å²) in [4.78, 5) is 0. The molecule has 0 spiro atoms. The number of unbranched alkanes of at least 4 members (excludes halogenated alkanes) is 1. The van der Waals surface area contributed by atoms with E-state index >= 15 is 0 Å². The summed E-state index contributed by atoms with van der Waals surface area (Å²) in [5.74, 6) is 1.06. The first-order valence-electron chi connectivity index (χ1n) is 7.60. The molecule has 0 aromatic carbocycles. The smallest absolute Gasteiger partial charge is 0.681 e. The van der Waals surface area contributed by atoms with E-state index in [1.54, 1.807) is 7.11 Å². The van der Waals surface area contributed by atoms with Gasteiger partial charge in [0.1, 0.15) is 0 Å². The van der Waals surface area contributed by atoms with Gasteiger partial charge in [-0.1, -0.05) is 52.4 Å². The van der Waals surface area contributed by atoms with E-state index in [0.717, 1.165) is 25.6 Å². The number of nitrogens with zero attached hydrogens (tertiary/aromatic N) is 2. The van der Waals surface area contributed by atoms with Gasteiger partial charge in [-0.15, -0.1) is 0 Å². The molecular formula is C16H35LaN2O. The van der Waals surface area contributed by atoms with E-state index in [0.29, 0.717) is 6.67 Å². The maximum atomic E-state index is 5.01. The predicted molar refractivity (Wildman–Crippen MR) is 86.8 cm³/mol. The molecule has 0 radical (unpaired) electrons. The molecule has 1 aliphatic rings. The summed E-state index contributed by atoms with van der Waals surface area (Å²) in [5, 5.41) is 7.99. The molecule has 0 atom stereocenters. The van der Waals surface area contributed by atoms with Crippen LogP contribution in [0.15, 0.2) is 0 Å². The van der Waals surface area contributed by atoms with Gasteiger partial charge in [0, 0.05) is 13.7 Å². The molecule has 1 fully saturated rings. The summed E-state index contributed by atoms with van der Waals surface area (Å²) in [5.41, 5.74) is 0. The van der Waals surface area contributed by atoms with Crippen molar-refractivity contribution in [1.82, 2.24) is 0 Å². The van der Waals surface area contributed by atoms with E-state index in [2.05, 4.69) is 10.6 Å². The molecule has 4 heteroatoms. The summed E-state index contributed by atoms with van der Waals surface area (Å²) in [6.45, 7) is 7.46. The van der Waals surface area contributed by atoms with Crippen molar-refractivity contribution >= 4 is 0 Å². The minimum absolute atomic E-state index is 0. The first-order valence-corrected chi connectivity index (χ1v) is 7.60. The van der Waals surface area contributed by atoms with Gasteiger partial charge in [0.25, 0.3) is 0 Å². The molecule has 0 aromatic heterocycles. The molecule has 0 aliphatic heterocycles. The summed E-state index contributed by atoms with van der Waals surface area (Å²) in [6.07, 6.45) is 10.0. The fourth-order valence-corrected chi connectivity index (χ4v) is 2.25. The van der Waals surface area contributed by atoms with Crippen LogP contribution in [0.25, 0.3) is 10.6 Å². The van der Waals surface area contributed by atoms with E-state index in [9.17, 15) is 0 Å². The van der Waals surface area contributed by atoms with Gasteiger partial charge in [-0.3, -0.25) is 6.67 Å². The predicted octanol–water partition coefficient (Wildman–Crippen LogP) is 5.17. The topological polar surface area (TPSA) is 37.4 Å². The second-order valence-corrected chi connectivity index (χ2v) is 4.86. The SMILES string of the molecule is CC[N-]C[N-]CC.COCCCCC1CCCC1.[CH3-].[La+3]. The minimum Gasteiger partial charge on any atom is -0.681 e. The Labute approximate surface area is 156 Å². The van der Waals surface area contributed by atoms with Crippen LogP contribution < -0.4 is 0 Å². The largest absolute Gasteiger partial charge is 3.00 e. The maximum Gasteiger partial charge on any atom is 3.00 e. The van der Waals surface area contributed by atoms with Crippen LogP contribution in [0.3, 0.4) is 0 Å². The summed E-state index contributed by atoms with van der Waals surface area (Å²) < 4.78 is 5.01. The molecule has 0 unspecified atom stereocenters. The maximum absolute atomic E-state index is 5.01. The van der Waals surface area contributed by atoms with E-state index in [1.165, 1.54) is 44.9 Å². The minimum atomic E-state index is 0. The molecular weight excluding hydrogens is 375 g/mol. The number of hydrogen-bond acceptors (Lipinski definition) is 1. The Balaban J connectivity index is -0.000000286.